The third kappa shape index (κ3) is 3.26. The zero-order valence-corrected chi connectivity index (χ0v) is 13.5. The highest BCUT2D eigenvalue weighted by Crippen LogP contribution is 2.31. The molecule has 6 nitrogen and oxygen atoms in total. The van der Waals surface area contributed by atoms with Crippen molar-refractivity contribution in [1.82, 2.24) is 14.9 Å². The molecule has 0 spiro atoms. The lowest BCUT2D eigenvalue weighted by Gasteiger charge is -2.24. The molecule has 1 amide bonds. The van der Waals surface area contributed by atoms with Gasteiger partial charge in [0.2, 0.25) is 5.95 Å². The Labute approximate surface area is 135 Å². The summed E-state index contributed by atoms with van der Waals surface area (Å²) in [6.45, 7) is 6.36. The van der Waals surface area contributed by atoms with Crippen molar-refractivity contribution in [3.63, 3.8) is 0 Å². The van der Waals surface area contributed by atoms with Crippen LogP contribution >= 0.6 is 0 Å². The smallest absolute Gasteiger partial charge is 0.410 e. The van der Waals surface area contributed by atoms with Crippen molar-refractivity contribution in [3.8, 4) is 11.3 Å². The molecule has 23 heavy (non-hydrogen) atoms. The van der Waals surface area contributed by atoms with E-state index >= 15 is 0 Å². The van der Waals surface area contributed by atoms with E-state index in [1.165, 1.54) is 0 Å². The Bertz CT molecular complexity index is 738. The number of nitrogens with two attached hydrogens (primary N) is 1. The molecule has 0 saturated carbocycles. The van der Waals surface area contributed by atoms with E-state index in [1.807, 2.05) is 51.1 Å². The first-order valence-electron chi connectivity index (χ1n) is 7.52. The lowest BCUT2D eigenvalue weighted by atomic mass is 10.1. The van der Waals surface area contributed by atoms with Crippen LogP contribution in [0.2, 0.25) is 0 Å². The minimum Gasteiger partial charge on any atom is -0.444 e. The number of amides is 1. The first kappa shape index (κ1) is 15.3. The molecular formula is C17H20N4O2. The van der Waals surface area contributed by atoms with Gasteiger partial charge < -0.3 is 10.5 Å². The molecule has 0 saturated heterocycles. The third-order valence-corrected chi connectivity index (χ3v) is 3.50. The molecule has 2 heterocycles. The number of ether oxygens (including phenoxy) is 1. The van der Waals surface area contributed by atoms with Crippen LogP contribution < -0.4 is 5.73 Å². The minimum absolute atomic E-state index is 0.216. The van der Waals surface area contributed by atoms with Gasteiger partial charge in [0, 0.05) is 11.1 Å². The highest BCUT2D eigenvalue weighted by Gasteiger charge is 2.31. The van der Waals surface area contributed by atoms with Crippen LogP contribution in [0.4, 0.5) is 10.7 Å². The Hall–Kier alpha value is -2.63. The fourth-order valence-corrected chi connectivity index (χ4v) is 2.56. The monoisotopic (exact) mass is 312 g/mol. The first-order chi connectivity index (χ1) is 10.8. The molecular weight excluding hydrogens is 292 g/mol. The number of nitrogen functional groups attached to an aromatic ring is 1. The molecule has 1 aromatic heterocycles. The number of aromatic nitrogens is 2. The van der Waals surface area contributed by atoms with Crippen LogP contribution in [0.25, 0.3) is 11.3 Å². The average molecular weight is 312 g/mol. The van der Waals surface area contributed by atoms with Crippen molar-refractivity contribution in [2.45, 2.75) is 39.5 Å². The highest BCUT2D eigenvalue weighted by molar-refractivity contribution is 5.72. The Morgan fingerprint density at radius 1 is 1.17 bits per heavy atom. The topological polar surface area (TPSA) is 81.3 Å². The Morgan fingerprint density at radius 2 is 1.87 bits per heavy atom. The van der Waals surface area contributed by atoms with E-state index in [9.17, 15) is 4.79 Å². The third-order valence-electron chi connectivity index (χ3n) is 3.50. The lowest BCUT2D eigenvalue weighted by molar-refractivity contribution is 0.0241. The normalized spacial score (nSPS) is 13.8. The highest BCUT2D eigenvalue weighted by atomic mass is 16.6. The van der Waals surface area contributed by atoms with Crippen molar-refractivity contribution in [2.24, 2.45) is 0 Å². The minimum atomic E-state index is -0.529. The van der Waals surface area contributed by atoms with E-state index in [0.717, 1.165) is 22.5 Å². The maximum atomic E-state index is 12.3. The van der Waals surface area contributed by atoms with E-state index in [4.69, 9.17) is 10.5 Å². The Morgan fingerprint density at radius 3 is 2.52 bits per heavy atom. The molecule has 0 bridgehead atoms. The van der Waals surface area contributed by atoms with Gasteiger partial charge in [-0.25, -0.2) is 14.8 Å². The van der Waals surface area contributed by atoms with Crippen LogP contribution in [0.3, 0.4) is 0 Å². The van der Waals surface area contributed by atoms with Gasteiger partial charge >= 0.3 is 6.09 Å². The molecule has 6 heteroatoms. The van der Waals surface area contributed by atoms with Crippen molar-refractivity contribution < 1.29 is 9.53 Å². The maximum absolute atomic E-state index is 12.3. The number of carbonyl (C=O) groups is 1. The predicted molar refractivity (Wildman–Crippen MR) is 87.4 cm³/mol. The van der Waals surface area contributed by atoms with Gasteiger partial charge in [-0.2, -0.15) is 0 Å². The van der Waals surface area contributed by atoms with Gasteiger partial charge in [-0.15, -0.1) is 0 Å². The summed E-state index contributed by atoms with van der Waals surface area (Å²) >= 11 is 0. The van der Waals surface area contributed by atoms with E-state index in [1.54, 1.807) is 4.90 Å². The number of carbonyl (C=O) groups excluding carboxylic acids is 1. The first-order valence-corrected chi connectivity index (χ1v) is 7.52. The lowest BCUT2D eigenvalue weighted by Crippen LogP contribution is -2.33. The van der Waals surface area contributed by atoms with Gasteiger partial charge in [0.15, 0.2) is 0 Å². The summed E-state index contributed by atoms with van der Waals surface area (Å²) in [6.07, 6.45) is -0.354. The van der Waals surface area contributed by atoms with Crippen LogP contribution in [0.1, 0.15) is 32.0 Å². The molecule has 1 aromatic carbocycles. The Kier molecular flexibility index (Phi) is 3.67. The summed E-state index contributed by atoms with van der Waals surface area (Å²) in [6, 6.07) is 9.78. The molecule has 1 aliphatic rings. The van der Waals surface area contributed by atoms with Gasteiger partial charge in [-0.05, 0) is 20.8 Å². The van der Waals surface area contributed by atoms with E-state index < -0.39 is 5.60 Å². The quantitative estimate of drug-likeness (QED) is 0.875. The number of fused-ring (bicyclic) bond motifs is 1. The van der Waals surface area contributed by atoms with E-state index in [-0.39, 0.29) is 12.0 Å². The van der Waals surface area contributed by atoms with Gasteiger partial charge in [-0.1, -0.05) is 30.3 Å². The molecule has 0 fully saturated rings. The van der Waals surface area contributed by atoms with Gasteiger partial charge in [-0.3, -0.25) is 4.90 Å². The summed E-state index contributed by atoms with van der Waals surface area (Å²) in [5, 5.41) is 0. The number of benzene rings is 1. The van der Waals surface area contributed by atoms with Crippen molar-refractivity contribution in [3.05, 3.63) is 41.6 Å². The van der Waals surface area contributed by atoms with Crippen LogP contribution in [0.15, 0.2) is 30.3 Å². The molecule has 1 aliphatic heterocycles. The molecule has 0 radical (unpaired) electrons. The van der Waals surface area contributed by atoms with Crippen molar-refractivity contribution in [2.75, 3.05) is 5.73 Å². The van der Waals surface area contributed by atoms with Gasteiger partial charge in [0.05, 0.1) is 24.5 Å². The van der Waals surface area contributed by atoms with Crippen LogP contribution in [-0.4, -0.2) is 26.6 Å². The average Bonchev–Trinajstić information content (AvgIpc) is 2.89. The second-order valence-electron chi connectivity index (χ2n) is 6.56. The Balaban J connectivity index is 1.92. The molecule has 0 atom stereocenters. The summed E-state index contributed by atoms with van der Waals surface area (Å²) < 4.78 is 5.44. The largest absolute Gasteiger partial charge is 0.444 e. The van der Waals surface area contributed by atoms with Crippen LogP contribution in [-0.2, 0) is 17.8 Å². The second kappa shape index (κ2) is 5.53. The summed E-state index contributed by atoms with van der Waals surface area (Å²) in [4.78, 5) is 22.6. The molecule has 2 N–H and O–H groups in total. The zero-order chi connectivity index (χ0) is 16.6. The maximum Gasteiger partial charge on any atom is 0.410 e. The molecule has 2 aromatic rings. The predicted octanol–water partition coefficient (Wildman–Crippen LogP) is 2.98. The summed E-state index contributed by atoms with van der Waals surface area (Å²) in [5.41, 5.74) is 8.75. The molecule has 3 rings (SSSR count). The van der Waals surface area contributed by atoms with Gasteiger partial charge in [0.1, 0.15) is 5.60 Å². The van der Waals surface area contributed by atoms with Crippen LogP contribution in [0, 0.1) is 0 Å². The van der Waals surface area contributed by atoms with Crippen molar-refractivity contribution >= 4 is 12.0 Å². The zero-order valence-electron chi connectivity index (χ0n) is 13.5. The standard InChI is InChI=1S/C17H20N4O2/c1-17(2,3)23-16(22)21-9-12-13(10-21)19-15(18)20-14(12)11-7-5-4-6-8-11/h4-8H,9-10H2,1-3H3,(H2,18,19,20). The number of nitrogens with zero attached hydrogens (tertiary/aromatic N) is 3. The number of hydrogen-bond acceptors (Lipinski definition) is 5. The fraction of sp³-hybridized carbons (Fsp3) is 0.353. The SMILES string of the molecule is CC(C)(C)OC(=O)N1Cc2nc(N)nc(-c3ccccc3)c2C1. The number of rotatable bonds is 1. The summed E-state index contributed by atoms with van der Waals surface area (Å²) in [7, 11) is 0. The van der Waals surface area contributed by atoms with Gasteiger partial charge in [0.25, 0.3) is 0 Å². The second-order valence-corrected chi connectivity index (χ2v) is 6.56. The molecule has 0 unspecified atom stereocenters. The number of hydrogen-bond donors (Lipinski definition) is 1. The van der Waals surface area contributed by atoms with E-state index in [2.05, 4.69) is 9.97 Å². The molecule has 120 valence electrons. The van der Waals surface area contributed by atoms with Crippen molar-refractivity contribution in [1.29, 1.82) is 0 Å². The van der Waals surface area contributed by atoms with E-state index in [0.29, 0.717) is 13.1 Å². The fourth-order valence-electron chi connectivity index (χ4n) is 2.56. The van der Waals surface area contributed by atoms with Crippen LogP contribution in [0.5, 0.6) is 0 Å². The molecule has 0 aliphatic carbocycles. The number of anilines is 1. The summed E-state index contributed by atoms with van der Waals surface area (Å²) in [5.74, 6) is 0.216.